The van der Waals surface area contributed by atoms with Crippen LogP contribution in [-0.2, 0) is 5.60 Å². The molecule has 2 heterocycles. The van der Waals surface area contributed by atoms with Crippen molar-refractivity contribution in [2.24, 2.45) is 0 Å². The molecule has 2 aromatic rings. The second-order valence-corrected chi connectivity index (χ2v) is 5.14. The van der Waals surface area contributed by atoms with E-state index in [2.05, 4.69) is 15.6 Å². The molecular weight excluding hydrogens is 327 g/mol. The van der Waals surface area contributed by atoms with E-state index in [9.17, 15) is 23.1 Å². The Morgan fingerprint density at radius 3 is 2.62 bits per heavy atom. The van der Waals surface area contributed by atoms with Gasteiger partial charge in [-0.15, -0.1) is 0 Å². The first-order chi connectivity index (χ1) is 11.2. The number of aromatic nitrogens is 1. The number of nitrogens with one attached hydrogen (secondary N) is 2. The number of anilines is 1. The van der Waals surface area contributed by atoms with Crippen LogP contribution in [0.1, 0.15) is 17.9 Å². The Morgan fingerprint density at radius 2 is 2.08 bits per heavy atom. The zero-order valence-corrected chi connectivity index (χ0v) is 12.7. The van der Waals surface area contributed by atoms with Crippen LogP contribution in [0.2, 0.25) is 0 Å². The number of carbonyl (C=O) groups is 1. The van der Waals surface area contributed by atoms with Crippen LogP contribution in [-0.4, -0.2) is 28.8 Å². The van der Waals surface area contributed by atoms with Crippen molar-refractivity contribution >= 4 is 11.7 Å². The van der Waals surface area contributed by atoms with E-state index >= 15 is 0 Å². The van der Waals surface area contributed by atoms with E-state index in [0.29, 0.717) is 5.69 Å². The summed E-state index contributed by atoms with van der Waals surface area (Å²) in [5, 5.41) is 14.7. The monoisotopic (exact) mass is 343 g/mol. The Hall–Kier alpha value is -2.55. The number of hydrogen-bond donors (Lipinski definition) is 3. The van der Waals surface area contributed by atoms with Crippen molar-refractivity contribution in [3.8, 4) is 0 Å². The molecule has 0 radical (unpaired) electrons. The lowest BCUT2D eigenvalue weighted by Crippen LogP contribution is -2.45. The van der Waals surface area contributed by atoms with Crippen molar-refractivity contribution in [2.45, 2.75) is 25.1 Å². The van der Waals surface area contributed by atoms with Crippen LogP contribution < -0.4 is 10.6 Å². The van der Waals surface area contributed by atoms with Crippen LogP contribution >= 0.6 is 0 Å². The molecule has 0 saturated heterocycles. The third kappa shape index (κ3) is 4.05. The molecule has 0 spiro atoms. The molecule has 2 aromatic heterocycles. The summed E-state index contributed by atoms with van der Waals surface area (Å²) in [7, 11) is 0. The van der Waals surface area contributed by atoms with Gasteiger partial charge in [-0.25, -0.2) is 4.79 Å². The second kappa shape index (κ2) is 6.91. The SMILES string of the molecule is Cc1ccc(C(O)(CCNC(=O)Nc2cccnc2)C(F)(F)F)o1. The molecule has 24 heavy (non-hydrogen) atoms. The summed E-state index contributed by atoms with van der Waals surface area (Å²) in [5.74, 6) is -0.364. The average Bonchev–Trinajstić information content (AvgIpc) is 2.94. The first kappa shape index (κ1) is 17.8. The molecule has 2 rings (SSSR count). The molecule has 0 aliphatic heterocycles. The minimum atomic E-state index is -4.95. The first-order valence-corrected chi connectivity index (χ1v) is 7.03. The lowest BCUT2D eigenvalue weighted by Gasteiger charge is -2.28. The molecule has 9 heteroatoms. The third-order valence-corrected chi connectivity index (χ3v) is 3.31. The molecule has 0 aliphatic carbocycles. The van der Waals surface area contributed by atoms with Gasteiger partial charge in [-0.2, -0.15) is 13.2 Å². The lowest BCUT2D eigenvalue weighted by atomic mass is 9.96. The number of hydrogen-bond acceptors (Lipinski definition) is 4. The maximum absolute atomic E-state index is 13.2. The predicted molar refractivity (Wildman–Crippen MR) is 79.3 cm³/mol. The van der Waals surface area contributed by atoms with Crippen molar-refractivity contribution in [3.63, 3.8) is 0 Å². The van der Waals surface area contributed by atoms with Gasteiger partial charge in [0.25, 0.3) is 0 Å². The van der Waals surface area contributed by atoms with E-state index in [4.69, 9.17) is 4.42 Å². The molecule has 0 saturated carbocycles. The summed E-state index contributed by atoms with van der Waals surface area (Å²) >= 11 is 0. The van der Waals surface area contributed by atoms with Gasteiger partial charge in [0, 0.05) is 19.2 Å². The number of halogens is 3. The zero-order chi connectivity index (χ0) is 17.8. The van der Waals surface area contributed by atoms with Gasteiger partial charge in [0.1, 0.15) is 11.5 Å². The van der Waals surface area contributed by atoms with Gasteiger partial charge >= 0.3 is 12.2 Å². The van der Waals surface area contributed by atoms with Crippen molar-refractivity contribution in [2.75, 3.05) is 11.9 Å². The van der Waals surface area contributed by atoms with Crippen molar-refractivity contribution in [1.82, 2.24) is 10.3 Å². The zero-order valence-electron chi connectivity index (χ0n) is 12.7. The van der Waals surface area contributed by atoms with Gasteiger partial charge in [-0.1, -0.05) is 0 Å². The van der Waals surface area contributed by atoms with Crippen molar-refractivity contribution < 1.29 is 27.5 Å². The Kier molecular flexibility index (Phi) is 5.13. The number of carbonyl (C=O) groups excluding carboxylic acids is 1. The summed E-state index contributed by atoms with van der Waals surface area (Å²) in [6, 6.07) is 4.86. The van der Waals surface area contributed by atoms with Crippen LogP contribution in [0, 0.1) is 6.92 Å². The lowest BCUT2D eigenvalue weighted by molar-refractivity contribution is -0.274. The number of aliphatic hydroxyl groups is 1. The highest BCUT2D eigenvalue weighted by Crippen LogP contribution is 2.41. The number of amides is 2. The number of urea groups is 1. The predicted octanol–water partition coefficient (Wildman–Crippen LogP) is 2.94. The smallest absolute Gasteiger partial charge is 0.424 e. The molecule has 1 atom stereocenters. The first-order valence-electron chi connectivity index (χ1n) is 7.03. The fourth-order valence-corrected chi connectivity index (χ4v) is 2.03. The highest BCUT2D eigenvalue weighted by molar-refractivity contribution is 5.88. The molecule has 3 N–H and O–H groups in total. The van der Waals surface area contributed by atoms with Gasteiger partial charge in [-0.3, -0.25) is 4.98 Å². The molecule has 1 unspecified atom stereocenters. The summed E-state index contributed by atoms with van der Waals surface area (Å²) in [5.41, 5.74) is -2.79. The van der Waals surface area contributed by atoms with Crippen LogP contribution in [0.3, 0.4) is 0 Å². The van der Waals surface area contributed by atoms with Gasteiger partial charge < -0.3 is 20.2 Å². The van der Waals surface area contributed by atoms with E-state index in [1.807, 2.05) is 0 Å². The quantitative estimate of drug-likeness (QED) is 0.779. The number of aryl methyl sites for hydroxylation is 1. The van der Waals surface area contributed by atoms with E-state index in [1.165, 1.54) is 25.4 Å². The fourth-order valence-electron chi connectivity index (χ4n) is 2.03. The molecule has 2 amide bonds. The van der Waals surface area contributed by atoms with Crippen LogP contribution in [0.5, 0.6) is 0 Å². The summed E-state index contributed by atoms with van der Waals surface area (Å²) in [6.07, 6.45) is -2.84. The second-order valence-electron chi connectivity index (χ2n) is 5.14. The number of furan rings is 1. The number of alkyl halides is 3. The van der Waals surface area contributed by atoms with Gasteiger partial charge in [-0.05, 0) is 31.2 Å². The largest absolute Gasteiger partial charge is 0.463 e. The summed E-state index contributed by atoms with van der Waals surface area (Å²) in [4.78, 5) is 15.4. The molecule has 130 valence electrons. The Labute approximate surface area is 135 Å². The maximum atomic E-state index is 13.2. The van der Waals surface area contributed by atoms with Crippen molar-refractivity contribution in [1.29, 1.82) is 0 Å². The topological polar surface area (TPSA) is 87.4 Å². The maximum Gasteiger partial charge on any atom is 0.424 e. The molecule has 6 nitrogen and oxygen atoms in total. The summed E-state index contributed by atoms with van der Waals surface area (Å²) in [6.45, 7) is 1.06. The van der Waals surface area contributed by atoms with Crippen LogP contribution in [0.25, 0.3) is 0 Å². The highest BCUT2D eigenvalue weighted by Gasteiger charge is 2.56. The summed E-state index contributed by atoms with van der Waals surface area (Å²) < 4.78 is 44.6. The molecular formula is C15H16F3N3O3. The van der Waals surface area contributed by atoms with E-state index in [1.54, 1.807) is 12.1 Å². The molecule has 0 fully saturated rings. The van der Waals surface area contributed by atoms with Gasteiger partial charge in [0.15, 0.2) is 0 Å². The number of rotatable bonds is 5. The van der Waals surface area contributed by atoms with E-state index in [-0.39, 0.29) is 5.76 Å². The van der Waals surface area contributed by atoms with Crippen molar-refractivity contribution in [3.05, 3.63) is 48.2 Å². The Bertz CT molecular complexity index is 688. The number of nitrogens with zero attached hydrogens (tertiary/aromatic N) is 1. The third-order valence-electron chi connectivity index (χ3n) is 3.31. The van der Waals surface area contributed by atoms with E-state index < -0.39 is 36.5 Å². The highest BCUT2D eigenvalue weighted by atomic mass is 19.4. The average molecular weight is 343 g/mol. The molecule has 0 aromatic carbocycles. The van der Waals surface area contributed by atoms with Gasteiger partial charge in [0.2, 0.25) is 5.60 Å². The normalized spacial score (nSPS) is 14.0. The van der Waals surface area contributed by atoms with Crippen LogP contribution in [0.4, 0.5) is 23.7 Å². The standard InChI is InChI=1S/C15H16F3N3O3/c1-10-4-5-12(24-10)14(23,15(16,17)18)6-8-20-13(22)21-11-3-2-7-19-9-11/h2-5,7,9,23H,6,8H2,1H3,(H2,20,21,22). The van der Waals surface area contributed by atoms with Gasteiger partial charge in [0.05, 0.1) is 11.9 Å². The molecule has 0 aliphatic rings. The Morgan fingerprint density at radius 1 is 1.33 bits per heavy atom. The fraction of sp³-hybridized carbons (Fsp3) is 0.333. The number of pyridine rings is 1. The van der Waals surface area contributed by atoms with Crippen LogP contribution in [0.15, 0.2) is 41.1 Å². The minimum Gasteiger partial charge on any atom is -0.463 e. The van der Waals surface area contributed by atoms with E-state index in [0.717, 1.165) is 6.07 Å². The molecule has 0 bridgehead atoms. The Balaban J connectivity index is 1.98. The minimum absolute atomic E-state index is 0.245.